The number of rotatable bonds is 5. The Morgan fingerprint density at radius 2 is 1.89 bits per heavy atom. The summed E-state index contributed by atoms with van der Waals surface area (Å²) in [5, 5.41) is 14.3. The highest BCUT2D eigenvalue weighted by atomic mass is 16.6. The fourth-order valence-corrected chi connectivity index (χ4v) is 7.38. The molecule has 4 aliphatic rings. The van der Waals surface area contributed by atoms with E-state index in [-0.39, 0.29) is 36.6 Å². The Balaban J connectivity index is 0.00000167. The van der Waals surface area contributed by atoms with Gasteiger partial charge >= 0.3 is 5.97 Å². The van der Waals surface area contributed by atoms with Crippen LogP contribution in [0.15, 0.2) is 16.8 Å². The van der Waals surface area contributed by atoms with Crippen molar-refractivity contribution in [2.24, 2.45) is 40.2 Å². The van der Waals surface area contributed by atoms with E-state index >= 15 is 0 Å². The zero-order valence-electron chi connectivity index (χ0n) is 21.9. The van der Waals surface area contributed by atoms with Crippen molar-refractivity contribution < 1.29 is 19.2 Å². The molecule has 8 heteroatoms. The molecule has 3 saturated carbocycles. The molecule has 0 heterocycles. The average Bonchev–Trinajstić information content (AvgIpc) is 2.86. The molecule has 0 radical (unpaired) electrons. The minimum absolute atomic E-state index is 0.0941. The number of allylic oxidation sites excluding steroid dienone is 2. The van der Waals surface area contributed by atoms with Gasteiger partial charge in [-0.25, -0.2) is 0 Å². The molecule has 0 spiro atoms. The van der Waals surface area contributed by atoms with Crippen LogP contribution in [-0.2, 0) is 14.3 Å². The van der Waals surface area contributed by atoms with Crippen molar-refractivity contribution in [2.45, 2.75) is 111 Å². The van der Waals surface area contributed by atoms with Crippen LogP contribution in [0.1, 0.15) is 92.4 Å². The molecule has 0 saturated heterocycles. The van der Waals surface area contributed by atoms with Crippen LogP contribution in [0.4, 0.5) is 0 Å². The van der Waals surface area contributed by atoms with Crippen molar-refractivity contribution >= 4 is 11.8 Å². The first-order chi connectivity index (χ1) is 16.6. The van der Waals surface area contributed by atoms with Gasteiger partial charge in [-0.2, -0.15) is 4.91 Å². The number of nitrogens with zero attached hydrogens (tertiary/aromatic N) is 2. The molecule has 4 aliphatic carbocycles. The van der Waals surface area contributed by atoms with Crippen LogP contribution in [0.25, 0.3) is 0 Å². The Morgan fingerprint density at radius 3 is 2.54 bits per heavy atom. The quantitative estimate of drug-likeness (QED) is 0.205. The topological polar surface area (TPSA) is 116 Å². The van der Waals surface area contributed by atoms with E-state index in [1.54, 1.807) is 0 Å². The van der Waals surface area contributed by atoms with E-state index in [2.05, 4.69) is 19.0 Å². The Hall–Kier alpha value is -2.12. The number of esters is 1. The monoisotopic (exact) mass is 490 g/mol. The van der Waals surface area contributed by atoms with Gasteiger partial charge in [0.05, 0.1) is 12.0 Å². The van der Waals surface area contributed by atoms with Crippen LogP contribution in [0.5, 0.6) is 0 Å². The number of hydrogen-bond acceptors (Lipinski definition) is 7. The molecule has 35 heavy (non-hydrogen) atoms. The van der Waals surface area contributed by atoms with Crippen LogP contribution in [0, 0.1) is 50.0 Å². The second-order valence-electron chi connectivity index (χ2n) is 11.2. The number of ether oxygens (including phenoxy) is 1. The molecule has 3 fully saturated rings. The summed E-state index contributed by atoms with van der Waals surface area (Å²) >= 11 is 0. The van der Waals surface area contributed by atoms with Gasteiger partial charge in [-0.15, -0.1) is 0 Å². The van der Waals surface area contributed by atoms with E-state index in [0.717, 1.165) is 32.1 Å². The molecular formula is C27H42N2O6. The fraction of sp³-hybridized carbons (Fsp3) is 0.852. The van der Waals surface area contributed by atoms with Gasteiger partial charge in [-0.3, -0.25) is 19.7 Å². The van der Waals surface area contributed by atoms with Crippen LogP contribution in [0.3, 0.4) is 0 Å². The van der Waals surface area contributed by atoms with Crippen LogP contribution in [0.2, 0.25) is 0 Å². The summed E-state index contributed by atoms with van der Waals surface area (Å²) in [4.78, 5) is 46.8. The van der Waals surface area contributed by atoms with Crippen molar-refractivity contribution in [1.82, 2.24) is 0 Å². The maximum Gasteiger partial charge on any atom is 0.309 e. The molecule has 196 valence electrons. The molecule has 0 aromatic heterocycles. The lowest BCUT2D eigenvalue weighted by Gasteiger charge is -2.55. The van der Waals surface area contributed by atoms with Gasteiger partial charge in [0, 0.05) is 29.6 Å². The van der Waals surface area contributed by atoms with Gasteiger partial charge in [0.2, 0.25) is 6.04 Å². The first kappa shape index (κ1) is 27.5. The minimum Gasteiger partial charge on any atom is -0.462 e. The highest BCUT2D eigenvalue weighted by Crippen LogP contribution is 2.57. The first-order valence-electron chi connectivity index (χ1n) is 13.5. The normalized spacial score (nSPS) is 39.5. The molecule has 9 unspecified atom stereocenters. The summed E-state index contributed by atoms with van der Waals surface area (Å²) in [6.45, 7) is 10.4. The smallest absolute Gasteiger partial charge is 0.309 e. The molecule has 0 aliphatic heterocycles. The number of fused-ring (bicyclic) bond motifs is 3. The Morgan fingerprint density at radius 1 is 1.17 bits per heavy atom. The fourth-order valence-electron chi connectivity index (χ4n) is 7.38. The number of hydrogen-bond donors (Lipinski definition) is 0. The molecule has 8 nitrogen and oxygen atoms in total. The van der Waals surface area contributed by atoms with Crippen LogP contribution < -0.4 is 0 Å². The van der Waals surface area contributed by atoms with Gasteiger partial charge < -0.3 is 4.74 Å². The highest BCUT2D eigenvalue weighted by Gasteiger charge is 2.52. The Labute approximate surface area is 208 Å². The van der Waals surface area contributed by atoms with Gasteiger partial charge in [-0.05, 0) is 75.2 Å². The molecule has 0 amide bonds. The van der Waals surface area contributed by atoms with Crippen molar-refractivity contribution in [3.05, 3.63) is 26.7 Å². The van der Waals surface area contributed by atoms with Gasteiger partial charge in [0.25, 0.3) is 0 Å². The molecule has 0 bridgehead atoms. The van der Waals surface area contributed by atoms with Crippen molar-refractivity contribution in [2.75, 3.05) is 0 Å². The third kappa shape index (κ3) is 5.51. The Bertz CT molecular complexity index is 857. The molecular weight excluding hydrogens is 448 g/mol. The first-order valence-corrected chi connectivity index (χ1v) is 13.5. The molecule has 4 rings (SSSR count). The van der Waals surface area contributed by atoms with E-state index in [0.29, 0.717) is 30.1 Å². The summed E-state index contributed by atoms with van der Waals surface area (Å²) in [5.41, 5.74) is 1.17. The lowest BCUT2D eigenvalue weighted by molar-refractivity contribution is -0.528. The number of nitro groups is 1. The summed E-state index contributed by atoms with van der Waals surface area (Å²) in [6, 6.07) is -1.63. The molecule has 0 aromatic carbocycles. The van der Waals surface area contributed by atoms with E-state index < -0.39 is 28.9 Å². The largest absolute Gasteiger partial charge is 0.462 e. The summed E-state index contributed by atoms with van der Waals surface area (Å²) in [6.07, 6.45) is 7.69. The summed E-state index contributed by atoms with van der Waals surface area (Å²) < 4.78 is 5.96. The zero-order chi connectivity index (χ0) is 25.9. The predicted molar refractivity (Wildman–Crippen MR) is 133 cm³/mol. The van der Waals surface area contributed by atoms with Crippen LogP contribution in [-0.4, -0.2) is 34.9 Å². The number of ketones is 1. The summed E-state index contributed by atoms with van der Waals surface area (Å²) in [5.74, 6) is 1.18. The maximum atomic E-state index is 13.0. The molecule has 9 atom stereocenters. The number of carbonyl (C=O) groups is 2. The average molecular weight is 491 g/mol. The second kappa shape index (κ2) is 11.3. The van der Waals surface area contributed by atoms with Gasteiger partial charge in [0.15, 0.2) is 5.78 Å². The van der Waals surface area contributed by atoms with Gasteiger partial charge in [-0.1, -0.05) is 38.4 Å². The predicted octanol–water partition coefficient (Wildman–Crippen LogP) is 5.89. The molecule has 0 aromatic rings. The van der Waals surface area contributed by atoms with Crippen molar-refractivity contribution in [3.63, 3.8) is 0 Å². The minimum atomic E-state index is -0.925. The second-order valence-corrected chi connectivity index (χ2v) is 11.2. The zero-order valence-corrected chi connectivity index (χ0v) is 21.9. The van der Waals surface area contributed by atoms with E-state index in [1.807, 2.05) is 26.8 Å². The molecule has 0 N–H and O–H groups in total. The number of carbonyl (C=O) groups excluding carboxylic acids is 2. The third-order valence-electron chi connectivity index (χ3n) is 9.72. The van der Waals surface area contributed by atoms with Crippen molar-refractivity contribution in [1.29, 1.82) is 0 Å². The van der Waals surface area contributed by atoms with E-state index in [1.165, 1.54) is 5.57 Å². The van der Waals surface area contributed by atoms with Crippen molar-refractivity contribution in [3.8, 4) is 0 Å². The Kier molecular flexibility index (Phi) is 8.86. The SMILES string of the molecule is CC.CC(OC(=O)C1CC(N=O)CC([N+](=O)[O-])C1)C1(C)CCC2C3CCC(=O)C=C3CCC2C1C. The van der Waals surface area contributed by atoms with Gasteiger partial charge in [0.1, 0.15) is 6.10 Å². The standard InChI is InChI=1S/C25H36N2O6.C2H6/c1-14-21-6-4-16-12-20(28)5-7-22(16)23(21)8-9-25(14,3)15(2)33-24(29)17-10-18(26-30)13-19(11-17)27(31)32;1-2/h12,14-15,17-19,21-23H,4-11,13H2,1-3H3;1-2H3. The lowest BCUT2D eigenvalue weighted by Crippen LogP contribution is -2.51. The maximum absolute atomic E-state index is 13.0. The summed E-state index contributed by atoms with van der Waals surface area (Å²) in [7, 11) is 0. The van der Waals surface area contributed by atoms with Crippen LogP contribution >= 0.6 is 0 Å². The highest BCUT2D eigenvalue weighted by molar-refractivity contribution is 5.91. The number of nitroso groups, excluding NO2 is 1. The third-order valence-corrected chi connectivity index (χ3v) is 9.72. The van der Waals surface area contributed by atoms with E-state index in [9.17, 15) is 24.6 Å². The lowest BCUT2D eigenvalue weighted by atomic mass is 9.51. The van der Waals surface area contributed by atoms with E-state index in [4.69, 9.17) is 4.74 Å².